The highest BCUT2D eigenvalue weighted by molar-refractivity contribution is 5.85. The van der Waals surface area contributed by atoms with Crippen LogP contribution in [-0.4, -0.2) is 47.9 Å². The van der Waals surface area contributed by atoms with Crippen molar-refractivity contribution in [2.24, 2.45) is 11.7 Å². The molecule has 1 amide bonds. The Morgan fingerprint density at radius 3 is 2.41 bits per heavy atom. The standard InChI is InChI=1S/C18H29N3O/c1-18(2,19)17(22)21-11-9-16(10-12-21)14-20(3)13-15-7-5-4-6-8-15/h4-8,16H,9-14,19H2,1-3H3. The molecule has 122 valence electrons. The summed E-state index contributed by atoms with van der Waals surface area (Å²) in [5.41, 5.74) is 6.51. The smallest absolute Gasteiger partial charge is 0.242 e. The number of nitrogens with zero attached hydrogens (tertiary/aromatic N) is 2. The Morgan fingerprint density at radius 1 is 1.27 bits per heavy atom. The third-order valence-electron chi connectivity index (χ3n) is 4.32. The molecule has 0 aromatic heterocycles. The second-order valence-corrected chi connectivity index (χ2v) is 7.14. The van der Waals surface area contributed by atoms with Crippen molar-refractivity contribution < 1.29 is 4.79 Å². The van der Waals surface area contributed by atoms with E-state index in [0.717, 1.165) is 39.0 Å². The Balaban J connectivity index is 1.76. The second-order valence-electron chi connectivity index (χ2n) is 7.14. The van der Waals surface area contributed by atoms with Crippen LogP contribution in [0.15, 0.2) is 30.3 Å². The maximum atomic E-state index is 12.2. The molecule has 1 heterocycles. The number of benzene rings is 1. The van der Waals surface area contributed by atoms with Crippen LogP contribution in [0.3, 0.4) is 0 Å². The quantitative estimate of drug-likeness (QED) is 0.906. The lowest BCUT2D eigenvalue weighted by molar-refractivity contribution is -0.137. The number of hydrogen-bond acceptors (Lipinski definition) is 3. The third kappa shape index (κ3) is 4.82. The summed E-state index contributed by atoms with van der Waals surface area (Å²) in [7, 11) is 2.17. The number of carbonyl (C=O) groups is 1. The molecule has 2 N–H and O–H groups in total. The molecule has 2 rings (SSSR count). The topological polar surface area (TPSA) is 49.6 Å². The van der Waals surface area contributed by atoms with E-state index in [-0.39, 0.29) is 5.91 Å². The van der Waals surface area contributed by atoms with Gasteiger partial charge in [-0.2, -0.15) is 0 Å². The van der Waals surface area contributed by atoms with Gasteiger partial charge in [-0.15, -0.1) is 0 Å². The summed E-state index contributed by atoms with van der Waals surface area (Å²) in [5, 5.41) is 0. The molecule has 0 saturated carbocycles. The molecule has 1 aromatic carbocycles. The number of rotatable bonds is 5. The largest absolute Gasteiger partial charge is 0.341 e. The lowest BCUT2D eigenvalue weighted by Crippen LogP contribution is -2.53. The van der Waals surface area contributed by atoms with E-state index in [0.29, 0.717) is 5.92 Å². The molecule has 1 aliphatic heterocycles. The molecule has 1 aliphatic rings. The predicted molar refractivity (Wildman–Crippen MR) is 90.3 cm³/mol. The number of hydrogen-bond donors (Lipinski definition) is 1. The number of likely N-dealkylation sites (tertiary alicyclic amines) is 1. The minimum absolute atomic E-state index is 0.0728. The Kier molecular flexibility index (Phi) is 5.59. The average molecular weight is 303 g/mol. The molecule has 0 atom stereocenters. The van der Waals surface area contributed by atoms with E-state index in [1.54, 1.807) is 13.8 Å². The highest BCUT2D eigenvalue weighted by Crippen LogP contribution is 2.20. The van der Waals surface area contributed by atoms with Gasteiger partial charge in [-0.25, -0.2) is 0 Å². The minimum atomic E-state index is -0.753. The summed E-state index contributed by atoms with van der Waals surface area (Å²) in [6, 6.07) is 10.6. The number of piperidine rings is 1. The van der Waals surface area contributed by atoms with E-state index in [1.165, 1.54) is 5.56 Å². The maximum Gasteiger partial charge on any atom is 0.242 e. The van der Waals surface area contributed by atoms with Crippen molar-refractivity contribution >= 4 is 5.91 Å². The molecular formula is C18H29N3O. The van der Waals surface area contributed by atoms with Gasteiger partial charge in [0.25, 0.3) is 0 Å². The van der Waals surface area contributed by atoms with Crippen LogP contribution in [-0.2, 0) is 11.3 Å². The lowest BCUT2D eigenvalue weighted by atomic mass is 9.94. The van der Waals surface area contributed by atoms with E-state index >= 15 is 0 Å². The molecule has 0 radical (unpaired) electrons. The van der Waals surface area contributed by atoms with Crippen molar-refractivity contribution in [2.75, 3.05) is 26.7 Å². The Bertz CT molecular complexity index is 473. The van der Waals surface area contributed by atoms with Crippen molar-refractivity contribution in [3.63, 3.8) is 0 Å². The van der Waals surface area contributed by atoms with Crippen LogP contribution in [0.5, 0.6) is 0 Å². The van der Waals surface area contributed by atoms with Gasteiger partial charge in [-0.05, 0) is 45.2 Å². The first kappa shape index (κ1) is 17.0. The highest BCUT2D eigenvalue weighted by atomic mass is 16.2. The number of nitrogens with two attached hydrogens (primary N) is 1. The second kappa shape index (κ2) is 7.25. The molecule has 0 aliphatic carbocycles. The van der Waals surface area contributed by atoms with E-state index in [2.05, 4.69) is 42.3 Å². The van der Waals surface area contributed by atoms with E-state index in [9.17, 15) is 4.79 Å². The SMILES string of the molecule is CN(Cc1ccccc1)CC1CCN(C(=O)C(C)(C)N)CC1. The highest BCUT2D eigenvalue weighted by Gasteiger charge is 2.30. The summed E-state index contributed by atoms with van der Waals surface area (Å²) < 4.78 is 0. The van der Waals surface area contributed by atoms with Gasteiger partial charge in [0.2, 0.25) is 5.91 Å². The average Bonchev–Trinajstić information content (AvgIpc) is 2.47. The van der Waals surface area contributed by atoms with Gasteiger partial charge in [-0.1, -0.05) is 30.3 Å². The summed E-state index contributed by atoms with van der Waals surface area (Å²) in [5.74, 6) is 0.738. The van der Waals surface area contributed by atoms with Crippen LogP contribution in [0.25, 0.3) is 0 Å². The van der Waals surface area contributed by atoms with Gasteiger partial charge in [0, 0.05) is 26.2 Å². The van der Waals surface area contributed by atoms with Crippen molar-refractivity contribution in [1.82, 2.24) is 9.80 Å². The molecule has 1 saturated heterocycles. The zero-order valence-electron chi connectivity index (χ0n) is 14.1. The molecule has 1 fully saturated rings. The molecule has 0 bridgehead atoms. The van der Waals surface area contributed by atoms with Crippen LogP contribution in [0, 0.1) is 5.92 Å². The predicted octanol–water partition coefficient (Wildman–Crippen LogP) is 2.09. The van der Waals surface area contributed by atoms with Crippen molar-refractivity contribution in [3.8, 4) is 0 Å². The molecule has 1 aromatic rings. The number of carbonyl (C=O) groups excluding carboxylic acids is 1. The van der Waals surface area contributed by atoms with Crippen molar-refractivity contribution in [2.45, 2.75) is 38.8 Å². The summed E-state index contributed by atoms with van der Waals surface area (Å²) >= 11 is 0. The lowest BCUT2D eigenvalue weighted by Gasteiger charge is -2.36. The molecule has 4 nitrogen and oxygen atoms in total. The fourth-order valence-electron chi connectivity index (χ4n) is 3.13. The molecular weight excluding hydrogens is 274 g/mol. The van der Waals surface area contributed by atoms with Crippen molar-refractivity contribution in [3.05, 3.63) is 35.9 Å². The summed E-state index contributed by atoms with van der Waals surface area (Å²) in [4.78, 5) is 16.5. The van der Waals surface area contributed by atoms with E-state index in [4.69, 9.17) is 5.73 Å². The molecule has 0 unspecified atom stereocenters. The summed E-state index contributed by atoms with van der Waals surface area (Å²) in [6.07, 6.45) is 2.14. The van der Waals surface area contributed by atoms with Gasteiger partial charge in [-0.3, -0.25) is 4.79 Å². The number of amides is 1. The summed E-state index contributed by atoms with van der Waals surface area (Å²) in [6.45, 7) is 7.31. The van der Waals surface area contributed by atoms with Crippen LogP contribution in [0.1, 0.15) is 32.3 Å². The molecule has 22 heavy (non-hydrogen) atoms. The zero-order chi connectivity index (χ0) is 16.2. The first-order valence-electron chi connectivity index (χ1n) is 8.17. The zero-order valence-corrected chi connectivity index (χ0v) is 14.1. The van der Waals surface area contributed by atoms with E-state index in [1.807, 2.05) is 4.90 Å². The van der Waals surface area contributed by atoms with E-state index < -0.39 is 5.54 Å². The third-order valence-corrected chi connectivity index (χ3v) is 4.32. The first-order valence-corrected chi connectivity index (χ1v) is 8.17. The van der Waals surface area contributed by atoms with Crippen molar-refractivity contribution in [1.29, 1.82) is 0 Å². The maximum absolute atomic E-state index is 12.2. The van der Waals surface area contributed by atoms with Gasteiger partial charge >= 0.3 is 0 Å². The monoisotopic (exact) mass is 303 g/mol. The van der Waals surface area contributed by atoms with Crippen LogP contribution in [0.4, 0.5) is 0 Å². The Morgan fingerprint density at radius 2 is 1.86 bits per heavy atom. The normalized spacial score (nSPS) is 17.0. The minimum Gasteiger partial charge on any atom is -0.341 e. The first-order chi connectivity index (χ1) is 10.4. The molecule has 0 spiro atoms. The van der Waals surface area contributed by atoms with Crippen LogP contribution >= 0.6 is 0 Å². The van der Waals surface area contributed by atoms with Gasteiger partial charge in [0.1, 0.15) is 0 Å². The fraction of sp³-hybridized carbons (Fsp3) is 0.611. The van der Waals surface area contributed by atoms with Crippen LogP contribution in [0.2, 0.25) is 0 Å². The molecule has 4 heteroatoms. The Hall–Kier alpha value is -1.39. The van der Waals surface area contributed by atoms with Crippen LogP contribution < -0.4 is 5.73 Å². The fourth-order valence-corrected chi connectivity index (χ4v) is 3.13. The van der Waals surface area contributed by atoms with Gasteiger partial charge in [0.05, 0.1) is 5.54 Å². The van der Waals surface area contributed by atoms with Gasteiger partial charge in [0.15, 0.2) is 0 Å². The van der Waals surface area contributed by atoms with Gasteiger partial charge < -0.3 is 15.5 Å². The Labute approximate surface area is 134 Å².